The summed E-state index contributed by atoms with van der Waals surface area (Å²) < 4.78 is 26.6. The van der Waals surface area contributed by atoms with E-state index in [0.29, 0.717) is 55.1 Å². The van der Waals surface area contributed by atoms with Crippen molar-refractivity contribution in [2.75, 3.05) is 13.2 Å². The fourth-order valence-electron chi connectivity index (χ4n) is 14.3. The number of ether oxygens (including phenoxy) is 4. The number of hydrogen-bond donors (Lipinski definition) is 3. The Kier molecular flexibility index (Phi) is 9.76. The van der Waals surface area contributed by atoms with Gasteiger partial charge in [0.05, 0.1) is 31.5 Å². The molecule has 8 unspecified atom stereocenters. The molecule has 5 aliphatic carbocycles. The van der Waals surface area contributed by atoms with Crippen molar-refractivity contribution in [3.8, 4) is 0 Å². The van der Waals surface area contributed by atoms with Crippen molar-refractivity contribution in [2.45, 2.75) is 167 Å². The molecule has 19 atom stereocenters. The first-order valence-electron chi connectivity index (χ1n) is 20.7. The van der Waals surface area contributed by atoms with Gasteiger partial charge in [-0.3, -0.25) is 4.79 Å². The molecule has 290 valence electrons. The molecule has 2 bridgehead atoms. The molecule has 9 rings (SSSR count). The molecule has 10 nitrogen and oxygen atoms in total. The molecular weight excluding hydrogens is 652 g/mol. The van der Waals surface area contributed by atoms with Crippen LogP contribution < -0.4 is 0 Å². The molecule has 10 heteroatoms. The van der Waals surface area contributed by atoms with Crippen LogP contribution in [0.4, 0.5) is 0 Å². The Bertz CT molecular complexity index is 1300. The van der Waals surface area contributed by atoms with E-state index in [1.807, 2.05) is 6.92 Å². The summed E-state index contributed by atoms with van der Waals surface area (Å²) in [5, 5.41) is 32.3. The number of hydrogen-bond acceptors (Lipinski definition) is 9. The lowest BCUT2D eigenvalue weighted by molar-refractivity contribution is -0.577. The van der Waals surface area contributed by atoms with E-state index in [-0.39, 0.29) is 53.1 Å². The number of aliphatic carboxylic acids is 1. The fourth-order valence-corrected chi connectivity index (χ4v) is 14.3. The molecule has 0 radical (unpaired) electrons. The maximum Gasteiger partial charge on any atom is 0.303 e. The predicted molar refractivity (Wildman–Crippen MR) is 187 cm³/mol. The monoisotopic (exact) mass is 718 g/mol. The summed E-state index contributed by atoms with van der Waals surface area (Å²) in [6, 6.07) is 0. The molecule has 4 heterocycles. The van der Waals surface area contributed by atoms with Crippen LogP contribution in [-0.2, 0) is 33.5 Å². The number of carboxylic acids is 1. The minimum atomic E-state index is -0.817. The lowest BCUT2D eigenvalue weighted by Gasteiger charge is -2.64. The number of aliphatic hydroxyl groups is 2. The number of rotatable bonds is 9. The van der Waals surface area contributed by atoms with E-state index in [1.165, 1.54) is 0 Å². The zero-order chi connectivity index (χ0) is 36.1. The summed E-state index contributed by atoms with van der Waals surface area (Å²) >= 11 is 0. The first-order valence-corrected chi connectivity index (χ1v) is 20.7. The molecule has 4 aliphatic heterocycles. The van der Waals surface area contributed by atoms with Crippen molar-refractivity contribution in [2.24, 2.45) is 70.0 Å². The van der Waals surface area contributed by atoms with Gasteiger partial charge in [0.15, 0.2) is 18.2 Å². The Morgan fingerprint density at radius 3 is 2.39 bits per heavy atom. The van der Waals surface area contributed by atoms with Gasteiger partial charge < -0.3 is 34.3 Å². The van der Waals surface area contributed by atoms with Gasteiger partial charge in [0.1, 0.15) is 0 Å². The normalized spacial score (nSPS) is 55.1. The summed E-state index contributed by atoms with van der Waals surface area (Å²) in [6.45, 7) is 14.3. The number of aliphatic hydroxyl groups excluding tert-OH is 2. The quantitative estimate of drug-likeness (QED) is 0.175. The minimum Gasteiger partial charge on any atom is -0.481 e. The summed E-state index contributed by atoms with van der Waals surface area (Å²) in [5.41, 5.74) is -0.845. The lowest BCUT2D eigenvalue weighted by Crippen LogP contribution is -2.70. The second kappa shape index (κ2) is 13.4. The van der Waals surface area contributed by atoms with E-state index in [1.54, 1.807) is 0 Å². The topological polar surface area (TPSA) is 133 Å². The highest BCUT2D eigenvalue weighted by molar-refractivity contribution is 5.66. The molecular formula is C41H66O10. The van der Waals surface area contributed by atoms with E-state index in [2.05, 4.69) is 34.6 Å². The molecule has 0 amide bonds. The molecule has 4 saturated heterocycles. The van der Waals surface area contributed by atoms with Gasteiger partial charge in [0.25, 0.3) is 0 Å². The van der Waals surface area contributed by atoms with Gasteiger partial charge in [0, 0.05) is 24.7 Å². The van der Waals surface area contributed by atoms with E-state index < -0.39 is 36.0 Å². The molecule has 0 aromatic heterocycles. The Morgan fingerprint density at radius 1 is 0.843 bits per heavy atom. The second-order valence-corrected chi connectivity index (χ2v) is 19.4. The maximum atomic E-state index is 12.0. The third-order valence-electron chi connectivity index (χ3n) is 17.1. The first-order chi connectivity index (χ1) is 24.2. The van der Waals surface area contributed by atoms with Gasteiger partial charge in [-0.1, -0.05) is 34.6 Å². The Hall–Kier alpha value is -0.850. The van der Waals surface area contributed by atoms with Gasteiger partial charge >= 0.3 is 5.97 Å². The highest BCUT2D eigenvalue weighted by Crippen LogP contribution is 2.69. The van der Waals surface area contributed by atoms with E-state index in [9.17, 15) is 20.1 Å². The molecule has 9 fully saturated rings. The fraction of sp³-hybridized carbons (Fsp3) is 0.976. The van der Waals surface area contributed by atoms with Crippen LogP contribution in [-0.4, -0.2) is 76.8 Å². The van der Waals surface area contributed by atoms with Crippen molar-refractivity contribution in [1.82, 2.24) is 0 Å². The highest BCUT2D eigenvalue weighted by Gasteiger charge is 2.70. The predicted octanol–water partition coefficient (Wildman–Crippen LogP) is 6.70. The van der Waals surface area contributed by atoms with Crippen LogP contribution in [0.15, 0.2) is 0 Å². The lowest BCUT2D eigenvalue weighted by atomic mass is 9.43. The first kappa shape index (κ1) is 37.1. The molecule has 0 aromatic carbocycles. The summed E-state index contributed by atoms with van der Waals surface area (Å²) in [4.78, 5) is 23.7. The third kappa shape index (κ3) is 5.81. The molecule has 51 heavy (non-hydrogen) atoms. The Labute approximate surface area is 304 Å². The van der Waals surface area contributed by atoms with Gasteiger partial charge in [-0.2, -0.15) is 0 Å². The van der Waals surface area contributed by atoms with E-state index in [4.69, 9.17) is 28.7 Å². The average molecular weight is 719 g/mol. The molecule has 3 N–H and O–H groups in total. The summed E-state index contributed by atoms with van der Waals surface area (Å²) in [5.74, 6) is 1.59. The molecule has 0 aromatic rings. The summed E-state index contributed by atoms with van der Waals surface area (Å²) in [7, 11) is 0. The Balaban J connectivity index is 0.959. The number of carboxylic acid groups (broad SMARTS) is 1. The van der Waals surface area contributed by atoms with Gasteiger partial charge in [-0.25, -0.2) is 9.78 Å². The van der Waals surface area contributed by atoms with Crippen LogP contribution >= 0.6 is 0 Å². The average Bonchev–Trinajstić information content (AvgIpc) is 3.30. The van der Waals surface area contributed by atoms with Crippen LogP contribution in [0.2, 0.25) is 0 Å². The molecule has 9 aliphatic rings. The zero-order valence-electron chi connectivity index (χ0n) is 32.0. The van der Waals surface area contributed by atoms with Gasteiger partial charge in [-0.05, 0) is 136 Å². The SMILES string of the molecule is C[C@H]1C(OCCO[C@H]2CC3C(C[C@H](O)[C@@]4(C)C3CC[C@@H]4[C@H](C)CCC(=O)O)[C@@]3(C)CC[C@@H](O)CC23)OC2O[C@]3(C)CCC4[C@H](C)CCC1[C@@]24OO3. The zero-order valence-corrected chi connectivity index (χ0v) is 32.0. The van der Waals surface area contributed by atoms with Crippen molar-refractivity contribution in [1.29, 1.82) is 0 Å². The van der Waals surface area contributed by atoms with Crippen LogP contribution in [0, 0.1) is 70.0 Å². The van der Waals surface area contributed by atoms with Crippen LogP contribution in [0.5, 0.6) is 0 Å². The Morgan fingerprint density at radius 2 is 1.61 bits per heavy atom. The van der Waals surface area contributed by atoms with Gasteiger partial charge in [0.2, 0.25) is 5.79 Å². The van der Waals surface area contributed by atoms with E-state index in [0.717, 1.165) is 70.6 Å². The molecule has 1 spiro atoms. The third-order valence-corrected chi connectivity index (χ3v) is 17.1. The van der Waals surface area contributed by atoms with Crippen LogP contribution in [0.25, 0.3) is 0 Å². The van der Waals surface area contributed by atoms with Crippen molar-refractivity contribution >= 4 is 5.97 Å². The minimum absolute atomic E-state index is 0.0118. The van der Waals surface area contributed by atoms with Gasteiger partial charge in [-0.15, -0.1) is 0 Å². The highest BCUT2D eigenvalue weighted by atomic mass is 17.3. The van der Waals surface area contributed by atoms with Crippen molar-refractivity contribution in [3.05, 3.63) is 0 Å². The van der Waals surface area contributed by atoms with E-state index >= 15 is 0 Å². The maximum absolute atomic E-state index is 12.0. The van der Waals surface area contributed by atoms with Crippen LogP contribution in [0.1, 0.15) is 125 Å². The molecule has 5 saturated carbocycles. The smallest absolute Gasteiger partial charge is 0.303 e. The largest absolute Gasteiger partial charge is 0.481 e. The number of fused-ring (bicyclic) bond motifs is 7. The van der Waals surface area contributed by atoms with Crippen LogP contribution in [0.3, 0.4) is 0 Å². The number of carbonyl (C=O) groups is 1. The van der Waals surface area contributed by atoms with Crippen molar-refractivity contribution in [3.63, 3.8) is 0 Å². The standard InChI is InChI=1S/C41H66O10/c1-22(8-12-35(44)45)27-10-11-30-26-20-33(32-19-25(42)13-15-38(32,4)31(26)21-34(43)40(27,30)6)46-17-18-47-36-24(3)29-9-7-23(2)28-14-16-39(5)49-37(48-36)41(28,29)51-50-39/h22-34,36-37,42-43H,7-21H2,1-6H3,(H,44,45)/t22-,23-,24-,25-,26?,27-,28?,29?,30?,31?,32?,33+,34+,36?,37?,38-,39+,40-,41-/m1/s1. The summed E-state index contributed by atoms with van der Waals surface area (Å²) in [6.07, 6.45) is 9.48. The van der Waals surface area contributed by atoms with Crippen molar-refractivity contribution < 1.29 is 48.8 Å². The second-order valence-electron chi connectivity index (χ2n) is 19.4.